The van der Waals surface area contributed by atoms with Crippen molar-refractivity contribution in [3.05, 3.63) is 58.6 Å². The number of aromatic amines is 1. The Bertz CT molecular complexity index is 1440. The van der Waals surface area contributed by atoms with E-state index in [1.54, 1.807) is 23.1 Å². The van der Waals surface area contributed by atoms with Crippen LogP contribution in [0.15, 0.2) is 52.6 Å². The molecule has 3 aliphatic rings. The van der Waals surface area contributed by atoms with Gasteiger partial charge in [-0.05, 0) is 24.3 Å². The standard InChI is InChI=1S/C24H20ClN5O5/c25-11-5-6-17-13(7-11)19(23(32)27-17)22-21(12-3-1-2-4-16(12)26-22)29-35-10-18(31)30-8-14-15(9-30)20(14)28-24(33)34/h1-7,14-15,20,27-28,32H,8-10H2,(H,33,34)/t14-,15+,20?. The molecular weight excluding hydrogens is 474 g/mol. The number of hydrogen-bond acceptors (Lipinski definition) is 6. The second-order valence-corrected chi connectivity index (χ2v) is 9.27. The number of aliphatic imine (C=N–C) groups is 1. The Kier molecular flexibility index (Phi) is 4.92. The first-order chi connectivity index (χ1) is 16.9. The van der Waals surface area contributed by atoms with Gasteiger partial charge in [-0.15, -0.1) is 0 Å². The van der Waals surface area contributed by atoms with Crippen molar-refractivity contribution < 1.29 is 24.6 Å². The van der Waals surface area contributed by atoms with E-state index in [-0.39, 0.29) is 36.3 Å². The van der Waals surface area contributed by atoms with Gasteiger partial charge < -0.3 is 30.3 Å². The molecule has 6 rings (SSSR count). The van der Waals surface area contributed by atoms with E-state index < -0.39 is 6.09 Å². The molecule has 3 heterocycles. The van der Waals surface area contributed by atoms with Crippen LogP contribution < -0.4 is 5.32 Å². The molecule has 1 aliphatic carbocycles. The number of carboxylic acid groups (broad SMARTS) is 1. The lowest BCUT2D eigenvalue weighted by molar-refractivity contribution is -0.135. The van der Waals surface area contributed by atoms with Gasteiger partial charge in [0.1, 0.15) is 11.4 Å². The smallest absolute Gasteiger partial charge is 0.404 e. The van der Waals surface area contributed by atoms with Gasteiger partial charge in [0.05, 0.1) is 11.3 Å². The summed E-state index contributed by atoms with van der Waals surface area (Å²) in [6.07, 6.45) is -1.04. The van der Waals surface area contributed by atoms with Gasteiger partial charge in [0.15, 0.2) is 12.5 Å². The molecule has 4 N–H and O–H groups in total. The van der Waals surface area contributed by atoms with E-state index in [1.165, 1.54) is 0 Å². The topological polar surface area (TPSA) is 140 Å². The summed E-state index contributed by atoms with van der Waals surface area (Å²) >= 11 is 6.19. The molecule has 2 amide bonds. The number of hydrogen-bond donors (Lipinski definition) is 4. The van der Waals surface area contributed by atoms with E-state index in [1.807, 2.05) is 24.3 Å². The number of fused-ring (bicyclic) bond motifs is 3. The van der Waals surface area contributed by atoms with Crippen LogP contribution >= 0.6 is 11.6 Å². The van der Waals surface area contributed by atoms with Gasteiger partial charge in [-0.1, -0.05) is 35.0 Å². The molecule has 0 bridgehead atoms. The number of carbonyl (C=O) groups is 2. The second-order valence-electron chi connectivity index (χ2n) is 8.83. The third-order valence-electron chi connectivity index (χ3n) is 6.77. The molecular formula is C24H20ClN5O5. The highest BCUT2D eigenvalue weighted by atomic mass is 35.5. The average Bonchev–Trinajstić information content (AvgIpc) is 3.18. The fraction of sp³-hybridized carbons (Fsp3) is 0.250. The summed E-state index contributed by atoms with van der Waals surface area (Å²) in [5.74, 6) is 0.0116. The first kappa shape index (κ1) is 21.5. The van der Waals surface area contributed by atoms with Crippen LogP contribution in [0.3, 0.4) is 0 Å². The Labute approximate surface area is 203 Å². The summed E-state index contributed by atoms with van der Waals surface area (Å²) in [5.41, 5.74) is 3.34. The van der Waals surface area contributed by atoms with Crippen molar-refractivity contribution >= 4 is 51.6 Å². The predicted molar refractivity (Wildman–Crippen MR) is 129 cm³/mol. The number of oxime groups is 1. The van der Waals surface area contributed by atoms with Gasteiger partial charge in [0, 0.05) is 52.5 Å². The van der Waals surface area contributed by atoms with Crippen LogP contribution in [0.5, 0.6) is 5.88 Å². The van der Waals surface area contributed by atoms with Crippen molar-refractivity contribution in [2.24, 2.45) is 22.0 Å². The van der Waals surface area contributed by atoms with Gasteiger partial charge in [-0.2, -0.15) is 0 Å². The number of aromatic hydroxyl groups is 1. The van der Waals surface area contributed by atoms with Crippen LogP contribution in [0.1, 0.15) is 11.1 Å². The quantitative estimate of drug-likeness (QED) is 0.404. The molecule has 2 fully saturated rings. The maximum atomic E-state index is 12.6. The molecule has 178 valence electrons. The molecule has 0 spiro atoms. The number of halogens is 1. The summed E-state index contributed by atoms with van der Waals surface area (Å²) in [7, 11) is 0. The highest BCUT2D eigenvalue weighted by molar-refractivity contribution is 6.58. The van der Waals surface area contributed by atoms with Gasteiger partial charge in [0.25, 0.3) is 5.91 Å². The number of aromatic nitrogens is 1. The molecule has 3 aromatic rings. The summed E-state index contributed by atoms with van der Waals surface area (Å²) in [4.78, 5) is 38.2. The molecule has 35 heavy (non-hydrogen) atoms. The Morgan fingerprint density at radius 3 is 2.77 bits per heavy atom. The van der Waals surface area contributed by atoms with E-state index in [4.69, 9.17) is 21.5 Å². The number of H-pyrrole nitrogens is 1. The van der Waals surface area contributed by atoms with Crippen molar-refractivity contribution in [3.8, 4) is 5.88 Å². The highest BCUT2D eigenvalue weighted by Gasteiger charge is 2.57. The van der Waals surface area contributed by atoms with E-state index in [9.17, 15) is 14.7 Å². The van der Waals surface area contributed by atoms with Crippen molar-refractivity contribution in [2.45, 2.75) is 6.04 Å². The fourth-order valence-corrected chi connectivity index (χ4v) is 5.23. The number of rotatable bonds is 5. The zero-order chi connectivity index (χ0) is 24.3. The van der Waals surface area contributed by atoms with Gasteiger partial charge >= 0.3 is 6.09 Å². The molecule has 1 saturated carbocycles. The summed E-state index contributed by atoms with van der Waals surface area (Å²) < 4.78 is 0. The number of amides is 2. The number of para-hydroxylation sites is 1. The zero-order valence-corrected chi connectivity index (χ0v) is 19.0. The molecule has 0 radical (unpaired) electrons. The third-order valence-corrected chi connectivity index (χ3v) is 7.01. The molecule has 2 aliphatic heterocycles. The second kappa shape index (κ2) is 8.02. The first-order valence-corrected chi connectivity index (χ1v) is 11.4. The number of piperidine rings is 1. The average molecular weight is 494 g/mol. The number of nitrogens with one attached hydrogen (secondary N) is 2. The number of nitrogens with zero attached hydrogens (tertiary/aromatic N) is 3. The normalized spacial score (nSPS) is 23.2. The molecule has 3 atom stereocenters. The molecule has 1 aromatic heterocycles. The Balaban J connectivity index is 1.22. The minimum atomic E-state index is -1.04. The van der Waals surface area contributed by atoms with Crippen molar-refractivity contribution in [1.82, 2.24) is 15.2 Å². The largest absolute Gasteiger partial charge is 0.494 e. The maximum Gasteiger partial charge on any atom is 0.404 e. The van der Waals surface area contributed by atoms with Crippen molar-refractivity contribution in [3.63, 3.8) is 0 Å². The van der Waals surface area contributed by atoms with Crippen LogP contribution in [-0.2, 0) is 9.63 Å². The van der Waals surface area contributed by atoms with Crippen LogP contribution in [0, 0.1) is 11.8 Å². The van der Waals surface area contributed by atoms with E-state index >= 15 is 0 Å². The summed E-state index contributed by atoms with van der Waals surface area (Å²) in [6.45, 7) is 0.725. The number of benzene rings is 2. The Morgan fingerprint density at radius 2 is 2.00 bits per heavy atom. The molecule has 1 saturated heterocycles. The van der Waals surface area contributed by atoms with Crippen LogP contribution in [0.4, 0.5) is 10.5 Å². The van der Waals surface area contributed by atoms with E-state index in [0.29, 0.717) is 51.7 Å². The van der Waals surface area contributed by atoms with Crippen molar-refractivity contribution in [2.75, 3.05) is 19.7 Å². The Hall–Kier alpha value is -4.05. The fourth-order valence-electron chi connectivity index (χ4n) is 5.06. The SMILES string of the molecule is O=C(O)NC1[C@H]2CN(C(=O)CON=C3C(c4c(O)[nH]c5ccc(Cl)cc45)=Nc4ccccc43)C[C@@H]12. The number of carbonyl (C=O) groups excluding carboxylic acids is 1. The maximum absolute atomic E-state index is 12.6. The first-order valence-electron chi connectivity index (χ1n) is 11.1. The van der Waals surface area contributed by atoms with Crippen molar-refractivity contribution in [1.29, 1.82) is 0 Å². The van der Waals surface area contributed by atoms with Gasteiger partial charge in [-0.3, -0.25) is 4.79 Å². The van der Waals surface area contributed by atoms with Crippen LogP contribution in [-0.4, -0.2) is 69.3 Å². The monoisotopic (exact) mass is 493 g/mol. The lowest BCUT2D eigenvalue weighted by Crippen LogP contribution is -2.38. The summed E-state index contributed by atoms with van der Waals surface area (Å²) in [6, 6.07) is 12.5. The Morgan fingerprint density at radius 1 is 1.23 bits per heavy atom. The van der Waals surface area contributed by atoms with E-state index in [0.717, 1.165) is 5.56 Å². The van der Waals surface area contributed by atoms with Gasteiger partial charge in [-0.25, -0.2) is 9.79 Å². The molecule has 10 nitrogen and oxygen atoms in total. The number of likely N-dealkylation sites (tertiary alicyclic amines) is 1. The van der Waals surface area contributed by atoms with Crippen LogP contribution in [0.2, 0.25) is 5.02 Å². The zero-order valence-electron chi connectivity index (χ0n) is 18.2. The van der Waals surface area contributed by atoms with E-state index in [2.05, 4.69) is 20.4 Å². The minimum absolute atomic E-state index is 0.0709. The lowest BCUT2D eigenvalue weighted by Gasteiger charge is -2.19. The highest BCUT2D eigenvalue weighted by Crippen LogP contribution is 2.45. The molecule has 11 heteroatoms. The minimum Gasteiger partial charge on any atom is -0.494 e. The summed E-state index contributed by atoms with van der Waals surface area (Å²) in [5, 5.41) is 27.5. The molecule has 1 unspecified atom stereocenters. The predicted octanol–water partition coefficient (Wildman–Crippen LogP) is 3.11. The van der Waals surface area contributed by atoms with Gasteiger partial charge in [0.2, 0.25) is 0 Å². The van der Waals surface area contributed by atoms with Crippen LogP contribution in [0.25, 0.3) is 10.9 Å². The lowest BCUT2D eigenvalue weighted by atomic mass is 10.0. The third kappa shape index (κ3) is 3.66. The molecule has 2 aromatic carbocycles.